The Morgan fingerprint density at radius 3 is 0.930 bits per heavy atom. The molecule has 2 rings (SSSR count). The van der Waals surface area contributed by atoms with E-state index in [0.717, 1.165) is 0 Å². The van der Waals surface area contributed by atoms with Crippen LogP contribution in [0.2, 0.25) is 0 Å². The number of benzene rings is 2. The van der Waals surface area contributed by atoms with Gasteiger partial charge in [0.05, 0.1) is 87.6 Å². The fraction of sp³-hybridized carbons (Fsp3) is 0.419. The number of rotatable bonds is 20. The Labute approximate surface area is 406 Å². The van der Waals surface area contributed by atoms with Crippen LogP contribution in [0.15, 0.2) is 0 Å². The van der Waals surface area contributed by atoms with E-state index in [1.165, 1.54) is 0 Å². The van der Waals surface area contributed by atoms with Gasteiger partial charge in [-0.3, -0.25) is 28.8 Å². The number of amides is 6. The lowest BCUT2D eigenvalue weighted by atomic mass is 10.0. The predicted octanol–water partition coefficient (Wildman–Crippen LogP) is -1.38. The minimum absolute atomic E-state index is 0.0138. The van der Waals surface area contributed by atoms with Gasteiger partial charge in [0.2, 0.25) is 11.8 Å². The molecular formula is C31H36I6N6O14. The Morgan fingerprint density at radius 1 is 0.421 bits per heavy atom. The number of anilines is 2. The summed E-state index contributed by atoms with van der Waals surface area (Å²) in [7, 11) is 0. The van der Waals surface area contributed by atoms with Crippen LogP contribution in [-0.2, 0) is 9.59 Å². The molecule has 6 amide bonds. The molecule has 0 aliphatic carbocycles. The lowest BCUT2D eigenvalue weighted by Gasteiger charge is -2.29. The molecule has 0 fully saturated rings. The van der Waals surface area contributed by atoms with E-state index in [1.807, 2.05) is 0 Å². The summed E-state index contributed by atoms with van der Waals surface area (Å²) in [5, 5.41) is 92.3. The summed E-state index contributed by atoms with van der Waals surface area (Å²) in [6.45, 7) is -6.91. The van der Waals surface area contributed by atoms with Gasteiger partial charge >= 0.3 is 0 Å². The van der Waals surface area contributed by atoms with Crippen molar-refractivity contribution in [3.8, 4) is 0 Å². The average Bonchev–Trinajstić information content (AvgIpc) is 3.18. The summed E-state index contributed by atoms with van der Waals surface area (Å²) in [4.78, 5) is 78.6. The minimum atomic E-state index is -1.82. The Kier molecular flexibility index (Phi) is 22.2. The molecule has 0 heterocycles. The summed E-state index contributed by atoms with van der Waals surface area (Å²) in [5.74, 6) is -4.91. The van der Waals surface area contributed by atoms with Crippen molar-refractivity contribution in [2.24, 2.45) is 0 Å². The maximum Gasteiger partial charge on any atom is 0.254 e. The van der Waals surface area contributed by atoms with E-state index in [-0.39, 0.29) is 74.6 Å². The topological polar surface area (TPSA) is 336 Å². The third-order valence-corrected chi connectivity index (χ3v) is 14.3. The van der Waals surface area contributed by atoms with Gasteiger partial charge in [-0.05, 0) is 142 Å². The fourth-order valence-electron chi connectivity index (χ4n) is 4.52. The second kappa shape index (κ2) is 24.1. The number of nitrogens with one attached hydrogen (secondary N) is 6. The molecule has 20 nitrogen and oxygen atoms in total. The van der Waals surface area contributed by atoms with Gasteiger partial charge in [-0.25, -0.2) is 0 Å². The van der Waals surface area contributed by atoms with E-state index in [4.69, 9.17) is 0 Å². The molecule has 0 atom stereocenters. The van der Waals surface area contributed by atoms with E-state index in [9.17, 15) is 69.6 Å². The number of carbonyl (C=O) groups excluding carboxylic acids is 6. The van der Waals surface area contributed by atoms with Crippen LogP contribution < -0.4 is 31.9 Å². The van der Waals surface area contributed by atoms with Crippen LogP contribution >= 0.6 is 136 Å². The SMILES string of the molecule is O=C(CO)Nc1c(I)c(C(=O)NCCCNC(=O)c2c(I)c(NC(=O)CO)c(I)c(C(=O)NC(CO)(CO)CO)c2I)c(I)c(C(=O)NC(CO)(CO)CO)c1I. The van der Waals surface area contributed by atoms with Gasteiger partial charge in [0.15, 0.2) is 0 Å². The van der Waals surface area contributed by atoms with Gasteiger partial charge < -0.3 is 72.8 Å². The Hall–Kier alpha value is -0.680. The van der Waals surface area contributed by atoms with Crippen LogP contribution in [0, 0.1) is 21.4 Å². The number of aliphatic hydroxyl groups excluding tert-OH is 8. The molecule has 0 radical (unpaired) electrons. The van der Waals surface area contributed by atoms with Crippen molar-refractivity contribution < 1.29 is 69.6 Å². The second-order valence-corrected chi connectivity index (χ2v) is 18.3. The second-order valence-electron chi connectivity index (χ2n) is 11.8. The van der Waals surface area contributed by atoms with Crippen LogP contribution in [0.5, 0.6) is 0 Å². The Balaban J connectivity index is 2.42. The van der Waals surface area contributed by atoms with E-state index >= 15 is 0 Å². The van der Waals surface area contributed by atoms with Crippen molar-refractivity contribution >= 4 is 182 Å². The first-order chi connectivity index (χ1) is 26.8. The van der Waals surface area contributed by atoms with Crippen molar-refractivity contribution in [3.63, 3.8) is 0 Å². The maximum atomic E-state index is 13.6. The van der Waals surface area contributed by atoms with Gasteiger partial charge in [-0.2, -0.15) is 0 Å². The van der Waals surface area contributed by atoms with Crippen LogP contribution in [0.1, 0.15) is 47.9 Å². The minimum Gasteiger partial charge on any atom is -0.394 e. The number of hydrogen-bond acceptors (Lipinski definition) is 14. The van der Waals surface area contributed by atoms with Crippen LogP contribution in [0.4, 0.5) is 11.4 Å². The zero-order chi connectivity index (χ0) is 43.4. The van der Waals surface area contributed by atoms with E-state index in [0.29, 0.717) is 0 Å². The standard InChI is InChI=1S/C31H36I6N6O14/c32-18-14(20(34)24(40-12(52)4-44)22(36)16(18)28(56)42-30(6-46,7-47)8-48)26(54)38-2-1-3-39-27(55)15-19(33)17(29(57)43-31(9-49,10-50)11-51)23(37)25(21(15)35)41-13(53)5-45/h44-51H,1-11H2,(H,38,54)(H,39,55)(H,40,52)(H,41,53)(H,42,56)(H,43,57). The van der Waals surface area contributed by atoms with E-state index in [1.54, 1.807) is 136 Å². The molecule has 2 aromatic carbocycles. The molecule has 0 saturated carbocycles. The summed E-state index contributed by atoms with van der Waals surface area (Å²) in [6, 6.07) is 0. The normalized spacial score (nSPS) is 11.5. The lowest BCUT2D eigenvalue weighted by Crippen LogP contribution is -2.57. The first-order valence-electron chi connectivity index (χ1n) is 15.9. The Bertz CT molecular complexity index is 1730. The highest BCUT2D eigenvalue weighted by Crippen LogP contribution is 2.37. The molecule has 0 aliphatic rings. The van der Waals surface area contributed by atoms with Crippen molar-refractivity contribution in [2.75, 3.05) is 76.6 Å². The molecule has 0 aliphatic heterocycles. The monoisotopic (exact) mass is 1480 g/mol. The predicted molar refractivity (Wildman–Crippen MR) is 253 cm³/mol. The first kappa shape index (κ1) is 52.5. The van der Waals surface area contributed by atoms with Gasteiger partial charge in [-0.15, -0.1) is 0 Å². The summed E-state index contributed by atoms with van der Waals surface area (Å²) >= 11 is 10.6. The van der Waals surface area contributed by atoms with Crippen molar-refractivity contribution in [1.29, 1.82) is 0 Å². The highest BCUT2D eigenvalue weighted by molar-refractivity contribution is 14.1. The van der Waals surface area contributed by atoms with Crippen molar-refractivity contribution in [3.05, 3.63) is 43.7 Å². The molecule has 316 valence electrons. The highest BCUT2D eigenvalue weighted by atomic mass is 127. The zero-order valence-electron chi connectivity index (χ0n) is 29.1. The lowest BCUT2D eigenvalue weighted by molar-refractivity contribution is -0.119. The molecular weight excluding hydrogens is 1440 g/mol. The van der Waals surface area contributed by atoms with Gasteiger partial charge in [0, 0.05) is 20.2 Å². The molecule has 26 heteroatoms. The Morgan fingerprint density at radius 2 is 0.684 bits per heavy atom. The molecule has 0 aromatic heterocycles. The quantitative estimate of drug-likeness (QED) is 0.0537. The number of carbonyl (C=O) groups is 6. The van der Waals surface area contributed by atoms with Crippen molar-refractivity contribution in [1.82, 2.24) is 21.3 Å². The molecule has 57 heavy (non-hydrogen) atoms. The fourth-order valence-corrected chi connectivity index (χ4v) is 13.3. The summed E-state index contributed by atoms with van der Waals surface area (Å²) in [6.07, 6.45) is 0.132. The van der Waals surface area contributed by atoms with E-state index in [2.05, 4.69) is 31.9 Å². The van der Waals surface area contributed by atoms with E-state index < -0.39 is 99.4 Å². The zero-order valence-corrected chi connectivity index (χ0v) is 42.0. The summed E-state index contributed by atoms with van der Waals surface area (Å²) in [5.41, 5.74) is -4.00. The summed E-state index contributed by atoms with van der Waals surface area (Å²) < 4.78 is 0.910. The number of halogens is 6. The molecule has 0 bridgehead atoms. The van der Waals surface area contributed by atoms with Gasteiger partial charge in [-0.1, -0.05) is 0 Å². The molecule has 2 aromatic rings. The maximum absolute atomic E-state index is 13.6. The van der Waals surface area contributed by atoms with Crippen LogP contribution in [0.3, 0.4) is 0 Å². The van der Waals surface area contributed by atoms with Gasteiger partial charge in [0.25, 0.3) is 23.6 Å². The molecule has 14 N–H and O–H groups in total. The van der Waals surface area contributed by atoms with Crippen molar-refractivity contribution in [2.45, 2.75) is 17.5 Å². The molecule has 0 saturated heterocycles. The van der Waals surface area contributed by atoms with Gasteiger partial charge in [0.1, 0.15) is 24.3 Å². The van der Waals surface area contributed by atoms with Crippen LogP contribution in [-0.4, -0.2) is 153 Å². The smallest absolute Gasteiger partial charge is 0.254 e. The average molecular weight is 1480 g/mol. The highest BCUT2D eigenvalue weighted by Gasteiger charge is 2.36. The number of aliphatic hydroxyl groups is 8. The van der Waals surface area contributed by atoms with Crippen LogP contribution in [0.25, 0.3) is 0 Å². The molecule has 0 unspecified atom stereocenters. The number of hydrogen-bond donors (Lipinski definition) is 14. The molecule has 0 spiro atoms. The largest absolute Gasteiger partial charge is 0.394 e. The first-order valence-corrected chi connectivity index (χ1v) is 22.4. The third-order valence-electron chi connectivity index (χ3n) is 7.86. The third kappa shape index (κ3) is 12.7.